The Morgan fingerprint density at radius 2 is 1.84 bits per heavy atom. The molecule has 0 bridgehead atoms. The van der Waals surface area contributed by atoms with Crippen molar-refractivity contribution >= 4 is 17.7 Å². The van der Waals surface area contributed by atoms with Gasteiger partial charge in [-0.2, -0.15) is 0 Å². The molecule has 1 aromatic carbocycles. The minimum absolute atomic E-state index is 0.205. The molecule has 1 aliphatic rings. The summed E-state index contributed by atoms with van der Waals surface area (Å²) in [5.41, 5.74) is 1.05. The number of thioether (sulfide) groups is 1. The van der Waals surface area contributed by atoms with Gasteiger partial charge in [0.2, 0.25) is 5.91 Å². The van der Waals surface area contributed by atoms with Gasteiger partial charge in [-0.15, -0.1) is 10.2 Å². The van der Waals surface area contributed by atoms with Crippen LogP contribution >= 0.6 is 11.8 Å². The van der Waals surface area contributed by atoms with E-state index in [0.29, 0.717) is 17.8 Å². The third-order valence-corrected chi connectivity index (χ3v) is 5.82. The number of aromatic nitrogens is 3. The van der Waals surface area contributed by atoms with Crippen LogP contribution in [0.4, 0.5) is 0 Å². The monoisotopic (exact) mass is 358 g/mol. The van der Waals surface area contributed by atoms with Gasteiger partial charge in [0.25, 0.3) is 0 Å². The maximum atomic E-state index is 12.7. The van der Waals surface area contributed by atoms with Crippen LogP contribution in [0.1, 0.15) is 40.0 Å². The van der Waals surface area contributed by atoms with Crippen molar-refractivity contribution in [2.24, 2.45) is 0 Å². The molecular formula is C19H26N4OS. The Labute approximate surface area is 153 Å². The van der Waals surface area contributed by atoms with Crippen LogP contribution in [0.2, 0.25) is 0 Å². The third kappa shape index (κ3) is 3.89. The molecule has 0 aliphatic carbocycles. The Balaban J connectivity index is 1.71. The van der Waals surface area contributed by atoms with E-state index < -0.39 is 0 Å². The zero-order chi connectivity index (χ0) is 17.8. The normalized spacial score (nSPS) is 20.7. The van der Waals surface area contributed by atoms with E-state index in [-0.39, 0.29) is 5.91 Å². The van der Waals surface area contributed by atoms with Crippen LogP contribution in [0.25, 0.3) is 11.4 Å². The molecule has 2 aromatic rings. The standard InChI is InChI=1S/C19H26N4OS/c1-4-22-18(16-11-6-5-7-12-16)20-21-19(22)25-13-17(24)23-14(2)9-8-10-15(23)3/h5-7,11-12,14-15H,4,8-10,13H2,1-3H3/t14-,15-/m1/s1. The number of carbonyl (C=O) groups is 1. The highest BCUT2D eigenvalue weighted by Crippen LogP contribution is 2.27. The van der Waals surface area contributed by atoms with E-state index in [9.17, 15) is 4.79 Å². The lowest BCUT2D eigenvalue weighted by atomic mass is 9.98. The van der Waals surface area contributed by atoms with Crippen molar-refractivity contribution in [1.82, 2.24) is 19.7 Å². The molecule has 1 aliphatic heterocycles. The molecule has 1 amide bonds. The number of hydrogen-bond donors (Lipinski definition) is 0. The van der Waals surface area contributed by atoms with E-state index in [1.807, 2.05) is 30.3 Å². The Bertz CT molecular complexity index is 705. The van der Waals surface area contributed by atoms with Crippen molar-refractivity contribution in [2.45, 2.75) is 63.8 Å². The highest BCUT2D eigenvalue weighted by atomic mass is 32.2. The van der Waals surface area contributed by atoms with Crippen LogP contribution in [0, 0.1) is 0 Å². The number of hydrogen-bond acceptors (Lipinski definition) is 4. The van der Waals surface area contributed by atoms with Gasteiger partial charge in [-0.05, 0) is 40.0 Å². The van der Waals surface area contributed by atoms with E-state index >= 15 is 0 Å². The molecule has 134 valence electrons. The molecular weight excluding hydrogens is 332 g/mol. The van der Waals surface area contributed by atoms with Crippen molar-refractivity contribution in [1.29, 1.82) is 0 Å². The molecule has 2 heterocycles. The Morgan fingerprint density at radius 1 is 1.16 bits per heavy atom. The molecule has 0 spiro atoms. The molecule has 3 rings (SSSR count). The summed E-state index contributed by atoms with van der Waals surface area (Å²) in [5.74, 6) is 1.48. The topological polar surface area (TPSA) is 51.0 Å². The summed E-state index contributed by atoms with van der Waals surface area (Å²) in [4.78, 5) is 14.8. The summed E-state index contributed by atoms with van der Waals surface area (Å²) < 4.78 is 2.08. The maximum Gasteiger partial charge on any atom is 0.233 e. The number of rotatable bonds is 5. The largest absolute Gasteiger partial charge is 0.337 e. The Kier molecular flexibility index (Phi) is 5.78. The number of carbonyl (C=O) groups excluding carboxylic acids is 1. The summed E-state index contributed by atoms with van der Waals surface area (Å²) in [6.07, 6.45) is 3.41. The smallest absolute Gasteiger partial charge is 0.233 e. The van der Waals surface area contributed by atoms with Gasteiger partial charge in [-0.25, -0.2) is 0 Å². The molecule has 1 aromatic heterocycles. The predicted molar refractivity (Wildman–Crippen MR) is 101 cm³/mol. The van der Waals surface area contributed by atoms with Crippen molar-refractivity contribution in [3.8, 4) is 11.4 Å². The van der Waals surface area contributed by atoms with E-state index in [1.54, 1.807) is 0 Å². The Hall–Kier alpha value is -1.82. The molecule has 1 saturated heterocycles. The fourth-order valence-corrected chi connectivity index (χ4v) is 4.47. The van der Waals surface area contributed by atoms with Crippen LogP contribution in [-0.2, 0) is 11.3 Å². The molecule has 0 N–H and O–H groups in total. The summed E-state index contributed by atoms with van der Waals surface area (Å²) in [6.45, 7) is 7.17. The predicted octanol–water partition coefficient (Wildman–Crippen LogP) is 3.85. The Morgan fingerprint density at radius 3 is 2.48 bits per heavy atom. The van der Waals surface area contributed by atoms with Gasteiger partial charge in [-0.3, -0.25) is 4.79 Å². The molecule has 0 radical (unpaired) electrons. The van der Waals surface area contributed by atoms with E-state index in [0.717, 1.165) is 35.9 Å². The molecule has 2 atom stereocenters. The van der Waals surface area contributed by atoms with Gasteiger partial charge < -0.3 is 9.47 Å². The zero-order valence-corrected chi connectivity index (χ0v) is 16.0. The lowest BCUT2D eigenvalue weighted by Crippen LogP contribution is -2.48. The first-order valence-corrected chi connectivity index (χ1v) is 10.0. The van der Waals surface area contributed by atoms with Gasteiger partial charge >= 0.3 is 0 Å². The van der Waals surface area contributed by atoms with Gasteiger partial charge in [0.15, 0.2) is 11.0 Å². The van der Waals surface area contributed by atoms with Crippen molar-refractivity contribution in [3.63, 3.8) is 0 Å². The minimum atomic E-state index is 0.205. The van der Waals surface area contributed by atoms with Gasteiger partial charge in [-0.1, -0.05) is 42.1 Å². The first-order valence-electron chi connectivity index (χ1n) is 9.04. The minimum Gasteiger partial charge on any atom is -0.337 e. The van der Waals surface area contributed by atoms with Crippen LogP contribution in [0.3, 0.4) is 0 Å². The number of benzene rings is 1. The van der Waals surface area contributed by atoms with Crippen molar-refractivity contribution in [2.75, 3.05) is 5.75 Å². The summed E-state index contributed by atoms with van der Waals surface area (Å²) in [7, 11) is 0. The van der Waals surface area contributed by atoms with Crippen LogP contribution in [0.5, 0.6) is 0 Å². The van der Waals surface area contributed by atoms with Crippen LogP contribution in [0.15, 0.2) is 35.5 Å². The number of likely N-dealkylation sites (tertiary alicyclic amines) is 1. The average molecular weight is 359 g/mol. The second-order valence-corrected chi connectivity index (χ2v) is 7.58. The lowest BCUT2D eigenvalue weighted by Gasteiger charge is -2.39. The summed E-state index contributed by atoms with van der Waals surface area (Å²) in [5, 5.41) is 9.48. The van der Waals surface area contributed by atoms with Gasteiger partial charge in [0.1, 0.15) is 0 Å². The highest BCUT2D eigenvalue weighted by Gasteiger charge is 2.29. The van der Waals surface area contributed by atoms with E-state index in [1.165, 1.54) is 18.2 Å². The van der Waals surface area contributed by atoms with Crippen LogP contribution < -0.4 is 0 Å². The average Bonchev–Trinajstić information content (AvgIpc) is 3.03. The fraction of sp³-hybridized carbons (Fsp3) is 0.526. The summed E-state index contributed by atoms with van der Waals surface area (Å²) >= 11 is 1.49. The van der Waals surface area contributed by atoms with E-state index in [4.69, 9.17) is 0 Å². The SMILES string of the molecule is CCn1c(SCC(=O)N2[C@H](C)CCC[C@H]2C)nnc1-c1ccccc1. The second-order valence-electron chi connectivity index (χ2n) is 6.64. The van der Waals surface area contributed by atoms with Gasteiger partial charge in [0.05, 0.1) is 5.75 Å². The quantitative estimate of drug-likeness (QED) is 0.762. The molecule has 5 nitrogen and oxygen atoms in total. The number of amides is 1. The number of piperidine rings is 1. The molecule has 25 heavy (non-hydrogen) atoms. The molecule has 6 heteroatoms. The third-order valence-electron chi connectivity index (χ3n) is 4.87. The maximum absolute atomic E-state index is 12.7. The van der Waals surface area contributed by atoms with E-state index in [2.05, 4.69) is 40.4 Å². The number of nitrogens with zero attached hydrogens (tertiary/aromatic N) is 4. The highest BCUT2D eigenvalue weighted by molar-refractivity contribution is 7.99. The van der Waals surface area contributed by atoms with Gasteiger partial charge in [0, 0.05) is 24.2 Å². The molecule has 0 unspecified atom stereocenters. The zero-order valence-electron chi connectivity index (χ0n) is 15.2. The first-order chi connectivity index (χ1) is 12.1. The summed E-state index contributed by atoms with van der Waals surface area (Å²) in [6, 6.07) is 10.7. The first kappa shape index (κ1) is 18.0. The molecule has 0 saturated carbocycles. The second kappa shape index (κ2) is 8.04. The van der Waals surface area contributed by atoms with Crippen LogP contribution in [-0.4, -0.2) is 43.4 Å². The molecule has 1 fully saturated rings. The lowest BCUT2D eigenvalue weighted by molar-refractivity contribution is -0.134. The fourth-order valence-electron chi connectivity index (χ4n) is 3.60. The van der Waals surface area contributed by atoms with Crippen molar-refractivity contribution < 1.29 is 4.79 Å². The van der Waals surface area contributed by atoms with Crippen molar-refractivity contribution in [3.05, 3.63) is 30.3 Å².